The number of hydrogen-bond donors (Lipinski definition) is 1. The van der Waals surface area contributed by atoms with E-state index in [-0.39, 0.29) is 5.91 Å². The maximum Gasteiger partial charge on any atom is 0.257 e. The molecule has 0 bridgehead atoms. The third-order valence-corrected chi connectivity index (χ3v) is 6.04. The lowest BCUT2D eigenvalue weighted by Crippen LogP contribution is -2.32. The first kappa shape index (κ1) is 19.7. The number of nitrogens with zero attached hydrogens (tertiary/aromatic N) is 4. The van der Waals surface area contributed by atoms with E-state index in [4.69, 9.17) is 4.42 Å². The number of imidazole rings is 1. The SMILES string of the molecule is CCCN(Cc1nnc(-c2cccs2)o1)C(=O)CSc1nc2ccc(C)cc2[nH]1. The summed E-state index contributed by atoms with van der Waals surface area (Å²) in [6.45, 7) is 5.03. The van der Waals surface area contributed by atoms with Crippen LogP contribution in [0.15, 0.2) is 45.3 Å². The summed E-state index contributed by atoms with van der Waals surface area (Å²) in [6, 6.07) is 9.94. The van der Waals surface area contributed by atoms with Crippen LogP contribution in [0.1, 0.15) is 24.8 Å². The summed E-state index contributed by atoms with van der Waals surface area (Å²) < 4.78 is 5.74. The molecule has 1 aromatic carbocycles. The molecular formula is C20H21N5O2S2. The number of aryl methyl sites for hydroxylation is 1. The van der Waals surface area contributed by atoms with Gasteiger partial charge in [0.05, 0.1) is 28.2 Å². The molecule has 0 spiro atoms. The third-order valence-electron chi connectivity index (χ3n) is 4.32. The van der Waals surface area contributed by atoms with E-state index < -0.39 is 0 Å². The summed E-state index contributed by atoms with van der Waals surface area (Å²) in [5, 5.41) is 10.9. The van der Waals surface area contributed by atoms with Crippen LogP contribution in [0.2, 0.25) is 0 Å². The summed E-state index contributed by atoms with van der Waals surface area (Å²) in [4.78, 5) is 23.3. The molecule has 4 aromatic rings. The highest BCUT2D eigenvalue weighted by Crippen LogP contribution is 2.24. The normalized spacial score (nSPS) is 11.2. The zero-order valence-corrected chi connectivity index (χ0v) is 17.8. The van der Waals surface area contributed by atoms with Crippen LogP contribution in [0.3, 0.4) is 0 Å². The van der Waals surface area contributed by atoms with Crippen molar-refractivity contribution in [3.05, 3.63) is 47.2 Å². The molecule has 1 amide bonds. The first-order valence-corrected chi connectivity index (χ1v) is 11.2. The second kappa shape index (κ2) is 8.79. The number of thioether (sulfide) groups is 1. The van der Waals surface area contributed by atoms with Crippen LogP contribution in [0, 0.1) is 6.92 Å². The zero-order chi connectivity index (χ0) is 20.2. The number of hydrogen-bond acceptors (Lipinski definition) is 7. The fraction of sp³-hybridized carbons (Fsp3) is 0.300. The molecule has 9 heteroatoms. The van der Waals surface area contributed by atoms with Gasteiger partial charge in [-0.05, 0) is 42.5 Å². The highest BCUT2D eigenvalue weighted by molar-refractivity contribution is 7.99. The van der Waals surface area contributed by atoms with Gasteiger partial charge in [0.1, 0.15) is 0 Å². The van der Waals surface area contributed by atoms with Gasteiger partial charge in [-0.15, -0.1) is 21.5 Å². The fourth-order valence-corrected chi connectivity index (χ4v) is 4.36. The first-order chi connectivity index (χ1) is 14.1. The molecule has 0 aliphatic carbocycles. The predicted molar refractivity (Wildman–Crippen MR) is 115 cm³/mol. The number of carbonyl (C=O) groups excluding carboxylic acids is 1. The van der Waals surface area contributed by atoms with Crippen LogP contribution in [-0.2, 0) is 11.3 Å². The molecule has 0 unspecified atom stereocenters. The van der Waals surface area contributed by atoms with Gasteiger partial charge in [-0.1, -0.05) is 30.8 Å². The van der Waals surface area contributed by atoms with Crippen molar-refractivity contribution >= 4 is 40.0 Å². The average Bonchev–Trinajstić information content (AvgIpc) is 3.45. The number of thiophene rings is 1. The van der Waals surface area contributed by atoms with E-state index in [1.807, 2.05) is 43.5 Å². The Bertz CT molecular complexity index is 1100. The van der Waals surface area contributed by atoms with Gasteiger partial charge in [0, 0.05) is 6.54 Å². The first-order valence-electron chi connectivity index (χ1n) is 9.35. The zero-order valence-electron chi connectivity index (χ0n) is 16.2. The van der Waals surface area contributed by atoms with E-state index in [0.717, 1.165) is 27.5 Å². The lowest BCUT2D eigenvalue weighted by Gasteiger charge is -2.19. The summed E-state index contributed by atoms with van der Waals surface area (Å²) in [5.74, 6) is 1.25. The Morgan fingerprint density at radius 1 is 1.31 bits per heavy atom. The van der Waals surface area contributed by atoms with Crippen LogP contribution >= 0.6 is 23.1 Å². The minimum atomic E-state index is 0.0179. The number of carbonyl (C=O) groups is 1. The number of aromatic amines is 1. The second-order valence-electron chi connectivity index (χ2n) is 6.64. The van der Waals surface area contributed by atoms with Gasteiger partial charge in [-0.3, -0.25) is 4.79 Å². The van der Waals surface area contributed by atoms with Crippen molar-refractivity contribution in [2.75, 3.05) is 12.3 Å². The van der Waals surface area contributed by atoms with Crippen LogP contribution < -0.4 is 0 Å². The molecule has 150 valence electrons. The molecule has 0 aliphatic heterocycles. The topological polar surface area (TPSA) is 87.9 Å². The van der Waals surface area contributed by atoms with Crippen LogP contribution in [0.25, 0.3) is 21.8 Å². The van der Waals surface area contributed by atoms with Crippen molar-refractivity contribution in [1.82, 2.24) is 25.1 Å². The number of rotatable bonds is 8. The number of aromatic nitrogens is 4. The van der Waals surface area contributed by atoms with Gasteiger partial charge >= 0.3 is 0 Å². The lowest BCUT2D eigenvalue weighted by molar-refractivity contribution is -0.129. The molecule has 7 nitrogen and oxygen atoms in total. The molecule has 0 saturated heterocycles. The maximum atomic E-state index is 12.8. The van der Waals surface area contributed by atoms with E-state index in [1.54, 1.807) is 16.2 Å². The molecule has 4 rings (SSSR count). The molecular weight excluding hydrogens is 406 g/mol. The quantitative estimate of drug-likeness (QED) is 0.416. The van der Waals surface area contributed by atoms with E-state index in [9.17, 15) is 4.79 Å². The molecule has 1 N–H and O–H groups in total. The van der Waals surface area contributed by atoms with Crippen molar-refractivity contribution in [2.45, 2.75) is 32.0 Å². The van der Waals surface area contributed by atoms with Crippen molar-refractivity contribution in [2.24, 2.45) is 0 Å². The van der Waals surface area contributed by atoms with Gasteiger partial charge in [0.15, 0.2) is 5.16 Å². The smallest absolute Gasteiger partial charge is 0.257 e. The predicted octanol–water partition coefficient (Wildman–Crippen LogP) is 4.51. The molecule has 0 fully saturated rings. The molecule has 0 saturated carbocycles. The van der Waals surface area contributed by atoms with Gasteiger partial charge in [0.2, 0.25) is 11.8 Å². The Labute approximate surface area is 176 Å². The summed E-state index contributed by atoms with van der Waals surface area (Å²) in [7, 11) is 0. The monoisotopic (exact) mass is 427 g/mol. The van der Waals surface area contributed by atoms with E-state index in [1.165, 1.54) is 17.3 Å². The lowest BCUT2D eigenvalue weighted by atomic mass is 10.2. The van der Waals surface area contributed by atoms with E-state index >= 15 is 0 Å². The van der Waals surface area contributed by atoms with Crippen molar-refractivity contribution in [3.63, 3.8) is 0 Å². The number of amides is 1. The Morgan fingerprint density at radius 3 is 3.00 bits per heavy atom. The molecule has 3 aromatic heterocycles. The largest absolute Gasteiger partial charge is 0.418 e. The summed E-state index contributed by atoms with van der Waals surface area (Å²) >= 11 is 2.95. The highest BCUT2D eigenvalue weighted by Gasteiger charge is 2.18. The minimum Gasteiger partial charge on any atom is -0.418 e. The van der Waals surface area contributed by atoms with Crippen LogP contribution in [0.4, 0.5) is 0 Å². The summed E-state index contributed by atoms with van der Waals surface area (Å²) in [5.41, 5.74) is 3.06. The van der Waals surface area contributed by atoms with E-state index in [2.05, 4.69) is 26.2 Å². The molecule has 3 heterocycles. The number of benzene rings is 1. The maximum absolute atomic E-state index is 12.8. The van der Waals surface area contributed by atoms with Crippen LogP contribution in [0.5, 0.6) is 0 Å². The van der Waals surface area contributed by atoms with Gasteiger partial charge < -0.3 is 14.3 Å². The van der Waals surface area contributed by atoms with Crippen molar-refractivity contribution < 1.29 is 9.21 Å². The standard InChI is InChI=1S/C20H21N5O2S2/c1-3-8-25(11-17-23-24-19(27-17)16-5-4-9-28-16)18(26)12-29-20-21-14-7-6-13(2)10-15(14)22-20/h4-7,9-10H,3,8,11-12H2,1-2H3,(H,21,22). The molecule has 0 aliphatic rings. The Balaban J connectivity index is 1.40. The van der Waals surface area contributed by atoms with Crippen LogP contribution in [-0.4, -0.2) is 43.3 Å². The number of H-pyrrole nitrogens is 1. The third kappa shape index (κ3) is 4.68. The van der Waals surface area contributed by atoms with Gasteiger partial charge in [-0.25, -0.2) is 4.98 Å². The van der Waals surface area contributed by atoms with Gasteiger partial charge in [0.25, 0.3) is 5.89 Å². The second-order valence-corrected chi connectivity index (χ2v) is 8.56. The Morgan fingerprint density at radius 2 is 2.21 bits per heavy atom. The van der Waals surface area contributed by atoms with Crippen molar-refractivity contribution in [3.8, 4) is 10.8 Å². The molecule has 0 atom stereocenters. The Kier molecular flexibility index (Phi) is 5.96. The average molecular weight is 428 g/mol. The highest BCUT2D eigenvalue weighted by atomic mass is 32.2. The van der Waals surface area contributed by atoms with Crippen molar-refractivity contribution in [1.29, 1.82) is 0 Å². The molecule has 0 radical (unpaired) electrons. The fourth-order valence-electron chi connectivity index (χ4n) is 2.93. The van der Waals surface area contributed by atoms with Gasteiger partial charge in [-0.2, -0.15) is 0 Å². The Hall–Kier alpha value is -2.65. The minimum absolute atomic E-state index is 0.0179. The van der Waals surface area contributed by atoms with E-state index in [0.29, 0.717) is 30.6 Å². The number of fused-ring (bicyclic) bond motifs is 1. The molecule has 29 heavy (non-hydrogen) atoms. The summed E-state index contributed by atoms with van der Waals surface area (Å²) in [6.07, 6.45) is 0.853. The number of nitrogens with one attached hydrogen (secondary N) is 1.